The number of aromatic nitrogens is 3. The fraction of sp³-hybridized carbons (Fsp3) is 0.516. The van der Waals surface area contributed by atoms with Crippen molar-refractivity contribution in [2.24, 2.45) is 11.1 Å². The van der Waals surface area contributed by atoms with Crippen molar-refractivity contribution >= 4 is 5.97 Å². The van der Waals surface area contributed by atoms with E-state index in [9.17, 15) is 4.79 Å². The molecule has 1 saturated heterocycles. The van der Waals surface area contributed by atoms with E-state index in [2.05, 4.69) is 50.9 Å². The molecule has 2 heterocycles. The predicted octanol–water partition coefficient (Wildman–Crippen LogP) is 4.77. The number of benzene rings is 2. The van der Waals surface area contributed by atoms with Crippen LogP contribution in [0.3, 0.4) is 0 Å². The van der Waals surface area contributed by atoms with E-state index in [1.807, 2.05) is 36.4 Å². The Morgan fingerprint density at radius 1 is 1.05 bits per heavy atom. The van der Waals surface area contributed by atoms with Gasteiger partial charge in [-0.3, -0.25) is 9.69 Å². The molecule has 0 radical (unpaired) electrons. The number of hydrogen-bond acceptors (Lipinski definition) is 6. The number of carbonyl (C=O) groups is 1. The van der Waals surface area contributed by atoms with E-state index in [1.54, 1.807) is 0 Å². The number of rotatable bonds is 12. The maximum absolute atomic E-state index is 12.3. The Hall–Kier alpha value is -3.03. The van der Waals surface area contributed by atoms with Gasteiger partial charge in [-0.25, -0.2) is 0 Å². The summed E-state index contributed by atoms with van der Waals surface area (Å²) in [4.78, 5) is 15.0. The minimum absolute atomic E-state index is 0.0951. The Kier molecular flexibility index (Phi) is 7.06. The first-order chi connectivity index (χ1) is 18.6. The third kappa shape index (κ3) is 4.35. The summed E-state index contributed by atoms with van der Waals surface area (Å²) in [5.41, 5.74) is 9.14. The van der Waals surface area contributed by atoms with Crippen molar-refractivity contribution in [2.45, 2.75) is 89.1 Å². The molecule has 2 saturated carbocycles. The molecule has 2 aliphatic carbocycles. The molecule has 7 heteroatoms. The zero-order chi connectivity index (χ0) is 26.1. The van der Waals surface area contributed by atoms with Crippen LogP contribution in [0, 0.1) is 5.41 Å². The van der Waals surface area contributed by atoms with Crippen molar-refractivity contribution in [3.8, 4) is 0 Å². The molecular formula is C31H39N5O2. The number of nitrogens with zero attached hydrogens (tertiary/aromatic N) is 4. The normalized spacial score (nSPS) is 26.3. The fourth-order valence-corrected chi connectivity index (χ4v) is 7.30. The highest BCUT2D eigenvalue weighted by molar-refractivity contribution is 5.69. The molecule has 2 N–H and O–H groups in total. The van der Waals surface area contributed by atoms with Gasteiger partial charge < -0.3 is 15.0 Å². The van der Waals surface area contributed by atoms with Gasteiger partial charge in [-0.1, -0.05) is 67.6 Å². The summed E-state index contributed by atoms with van der Waals surface area (Å²) >= 11 is 0. The summed E-state index contributed by atoms with van der Waals surface area (Å²) in [6.07, 6.45) is 7.49. The van der Waals surface area contributed by atoms with E-state index in [1.165, 1.54) is 18.4 Å². The van der Waals surface area contributed by atoms with Crippen LogP contribution in [0.1, 0.15) is 80.3 Å². The average molecular weight is 514 g/mol. The summed E-state index contributed by atoms with van der Waals surface area (Å²) in [7, 11) is 0. The average Bonchev–Trinajstić information content (AvgIpc) is 3.32. The van der Waals surface area contributed by atoms with Crippen LogP contribution < -0.4 is 5.73 Å². The Morgan fingerprint density at radius 3 is 2.47 bits per heavy atom. The number of ether oxygens (including phenoxy) is 1. The molecule has 1 aliphatic heterocycles. The van der Waals surface area contributed by atoms with Crippen LogP contribution in [0.5, 0.6) is 0 Å². The molecule has 4 unspecified atom stereocenters. The van der Waals surface area contributed by atoms with Crippen molar-refractivity contribution < 1.29 is 9.53 Å². The van der Waals surface area contributed by atoms with Gasteiger partial charge in [0.25, 0.3) is 0 Å². The maximum Gasteiger partial charge on any atom is 0.306 e. The molecule has 5 atom stereocenters. The number of esters is 1. The quantitative estimate of drug-likeness (QED) is 0.351. The smallest absolute Gasteiger partial charge is 0.306 e. The summed E-state index contributed by atoms with van der Waals surface area (Å²) < 4.78 is 7.91. The van der Waals surface area contributed by atoms with Crippen molar-refractivity contribution in [2.75, 3.05) is 6.54 Å². The third-order valence-corrected chi connectivity index (χ3v) is 9.37. The molecular weight excluding hydrogens is 474 g/mol. The number of aryl methyl sites for hydroxylation is 2. The Labute approximate surface area is 225 Å². The predicted molar refractivity (Wildman–Crippen MR) is 146 cm³/mol. The van der Waals surface area contributed by atoms with Crippen LogP contribution in [-0.2, 0) is 29.0 Å². The minimum Gasteiger partial charge on any atom is -0.461 e. The molecule has 1 spiro atoms. The zero-order valence-electron chi connectivity index (χ0n) is 22.3. The fourth-order valence-electron chi connectivity index (χ4n) is 7.30. The van der Waals surface area contributed by atoms with E-state index >= 15 is 0 Å². The molecule has 3 aromatic rings. The van der Waals surface area contributed by atoms with Crippen LogP contribution in [-0.4, -0.2) is 44.3 Å². The van der Waals surface area contributed by atoms with Crippen LogP contribution in [0.2, 0.25) is 0 Å². The Bertz CT molecular complexity index is 1240. The van der Waals surface area contributed by atoms with E-state index in [-0.39, 0.29) is 12.0 Å². The second-order valence-electron chi connectivity index (χ2n) is 11.2. The highest BCUT2D eigenvalue weighted by Gasteiger charge is 2.75. The van der Waals surface area contributed by atoms with E-state index in [0.717, 1.165) is 55.9 Å². The molecule has 0 bridgehead atoms. The summed E-state index contributed by atoms with van der Waals surface area (Å²) in [6, 6.07) is 22.2. The van der Waals surface area contributed by atoms with Crippen LogP contribution >= 0.6 is 0 Å². The number of piperidine rings is 2. The molecule has 7 nitrogen and oxygen atoms in total. The van der Waals surface area contributed by atoms with Crippen molar-refractivity contribution in [3.63, 3.8) is 0 Å². The summed E-state index contributed by atoms with van der Waals surface area (Å²) in [6.45, 7) is 3.56. The number of likely N-dealkylation sites (tertiary alicyclic amines) is 1. The van der Waals surface area contributed by atoms with Gasteiger partial charge in [0.15, 0.2) is 0 Å². The molecule has 38 heavy (non-hydrogen) atoms. The Morgan fingerprint density at radius 2 is 1.79 bits per heavy atom. The lowest BCUT2D eigenvalue weighted by atomic mass is 9.40. The first kappa shape index (κ1) is 25.3. The molecule has 200 valence electrons. The highest BCUT2D eigenvalue weighted by Crippen LogP contribution is 2.72. The third-order valence-electron chi connectivity index (χ3n) is 9.37. The van der Waals surface area contributed by atoms with Crippen LogP contribution in [0.25, 0.3) is 0 Å². The zero-order valence-corrected chi connectivity index (χ0v) is 22.3. The number of nitrogens with two attached hydrogens (primary N) is 1. The lowest BCUT2D eigenvalue weighted by molar-refractivity contribution is -0.295. The molecule has 6 rings (SSSR count). The lowest BCUT2D eigenvalue weighted by Crippen LogP contribution is -2.85. The first-order valence-corrected chi connectivity index (χ1v) is 14.3. The monoisotopic (exact) mass is 513 g/mol. The summed E-state index contributed by atoms with van der Waals surface area (Å²) in [5.74, 6) is 1.96. The van der Waals surface area contributed by atoms with E-state index < -0.39 is 0 Å². The second kappa shape index (κ2) is 10.6. The maximum atomic E-state index is 12.3. The van der Waals surface area contributed by atoms with Crippen molar-refractivity contribution in [1.29, 1.82) is 0 Å². The van der Waals surface area contributed by atoms with Gasteiger partial charge in [0, 0.05) is 55.4 Å². The number of hydrogen-bond donors (Lipinski definition) is 1. The van der Waals surface area contributed by atoms with Gasteiger partial charge in [-0.2, -0.15) is 0 Å². The second-order valence-corrected chi connectivity index (χ2v) is 11.2. The SMILES string of the molecule is CCc1nnc(CCCC(=O)OCc2ccccc2)n1C1CC2N(CC[C@H](N)c3ccccc3)C3CCC321. The van der Waals surface area contributed by atoms with Gasteiger partial charge in [-0.15, -0.1) is 10.2 Å². The van der Waals surface area contributed by atoms with E-state index in [4.69, 9.17) is 10.5 Å². The van der Waals surface area contributed by atoms with Gasteiger partial charge >= 0.3 is 5.97 Å². The number of carbonyl (C=O) groups excluding carboxylic acids is 1. The van der Waals surface area contributed by atoms with Gasteiger partial charge in [0.1, 0.15) is 18.3 Å². The molecule has 2 aromatic carbocycles. The van der Waals surface area contributed by atoms with Crippen molar-refractivity contribution in [3.05, 3.63) is 83.4 Å². The van der Waals surface area contributed by atoms with E-state index in [0.29, 0.717) is 36.6 Å². The molecule has 1 aromatic heterocycles. The highest BCUT2D eigenvalue weighted by atomic mass is 16.5. The summed E-state index contributed by atoms with van der Waals surface area (Å²) in [5, 5.41) is 9.14. The van der Waals surface area contributed by atoms with Crippen LogP contribution in [0.4, 0.5) is 0 Å². The van der Waals surface area contributed by atoms with Crippen molar-refractivity contribution in [1.82, 2.24) is 19.7 Å². The van der Waals surface area contributed by atoms with Gasteiger partial charge in [0.05, 0.1) is 0 Å². The largest absolute Gasteiger partial charge is 0.461 e. The Balaban J connectivity index is 1.04. The molecule has 3 aliphatic rings. The molecule has 0 amide bonds. The van der Waals surface area contributed by atoms with Crippen LogP contribution in [0.15, 0.2) is 60.7 Å². The first-order valence-electron chi connectivity index (χ1n) is 14.3. The van der Waals surface area contributed by atoms with Gasteiger partial charge in [-0.05, 0) is 43.2 Å². The van der Waals surface area contributed by atoms with Gasteiger partial charge in [0.2, 0.25) is 0 Å². The molecule has 3 fully saturated rings. The topological polar surface area (TPSA) is 86.3 Å². The standard InChI is InChI=1S/C31H39N5O2/c1-2-28-33-34-29(14-9-15-30(37)38-21-22-10-5-3-6-11-22)36(28)27-20-26-31(27)18-16-25(31)35(26)19-17-24(32)23-12-7-4-8-13-23/h3-8,10-13,24-27H,2,9,14-21,32H2,1H3/t24-,25?,26?,27?,31?/m0/s1. The minimum atomic E-state index is -0.152. The lowest BCUT2D eigenvalue weighted by Gasteiger charge is -2.80.